The Morgan fingerprint density at radius 2 is 2.00 bits per heavy atom. The zero-order valence-electron chi connectivity index (χ0n) is 9.49. The minimum Gasteiger partial charge on any atom is -0.399 e. The van der Waals surface area contributed by atoms with Crippen LogP contribution in [0.2, 0.25) is 0 Å². The summed E-state index contributed by atoms with van der Waals surface area (Å²) in [4.78, 5) is 14.2. The summed E-state index contributed by atoms with van der Waals surface area (Å²) < 4.78 is 0. The number of rotatable bonds is 0. The molecule has 0 saturated heterocycles. The number of carbonyl (C=O) groups excluding carboxylic acids is 1. The van der Waals surface area contributed by atoms with Crippen molar-refractivity contribution in [1.29, 1.82) is 0 Å². The average molecular weight is 216 g/mol. The van der Waals surface area contributed by atoms with Gasteiger partial charge in [-0.25, -0.2) is 0 Å². The van der Waals surface area contributed by atoms with Crippen LogP contribution < -0.4 is 10.6 Å². The molecule has 2 N–H and O–H groups in total. The first-order valence-corrected chi connectivity index (χ1v) is 5.83. The van der Waals surface area contributed by atoms with E-state index in [4.69, 9.17) is 5.73 Å². The van der Waals surface area contributed by atoms with E-state index in [-0.39, 0.29) is 11.3 Å². The minimum absolute atomic E-state index is 0.251. The summed E-state index contributed by atoms with van der Waals surface area (Å²) in [6.07, 6.45) is 4.25. The molecule has 3 heteroatoms. The summed E-state index contributed by atoms with van der Waals surface area (Å²) in [7, 11) is 1.87. The van der Waals surface area contributed by atoms with Gasteiger partial charge in [0, 0.05) is 18.4 Å². The van der Waals surface area contributed by atoms with Crippen LogP contribution in [0, 0.1) is 0 Å². The van der Waals surface area contributed by atoms with Crippen LogP contribution in [0.25, 0.3) is 0 Å². The molecular weight excluding hydrogens is 200 g/mol. The van der Waals surface area contributed by atoms with E-state index in [9.17, 15) is 4.79 Å². The lowest BCUT2D eigenvalue weighted by molar-refractivity contribution is -0.122. The Hall–Kier alpha value is -1.51. The SMILES string of the molecule is CN1C(=O)C2(CCCC2)c2cc(N)ccc21. The van der Waals surface area contributed by atoms with Gasteiger partial charge in [0.05, 0.1) is 5.41 Å². The van der Waals surface area contributed by atoms with Crippen molar-refractivity contribution in [3.05, 3.63) is 23.8 Å². The largest absolute Gasteiger partial charge is 0.399 e. The molecule has 1 saturated carbocycles. The van der Waals surface area contributed by atoms with Crippen LogP contribution in [-0.2, 0) is 10.2 Å². The monoisotopic (exact) mass is 216 g/mol. The Labute approximate surface area is 95.2 Å². The van der Waals surface area contributed by atoms with E-state index in [0.29, 0.717) is 0 Å². The van der Waals surface area contributed by atoms with Gasteiger partial charge < -0.3 is 10.6 Å². The van der Waals surface area contributed by atoms with E-state index < -0.39 is 0 Å². The Balaban J connectivity index is 2.23. The topological polar surface area (TPSA) is 46.3 Å². The van der Waals surface area contributed by atoms with E-state index in [0.717, 1.165) is 42.6 Å². The Morgan fingerprint density at radius 1 is 1.31 bits per heavy atom. The van der Waals surface area contributed by atoms with E-state index in [1.54, 1.807) is 4.90 Å². The maximum Gasteiger partial charge on any atom is 0.237 e. The molecule has 3 nitrogen and oxygen atoms in total. The number of amides is 1. The van der Waals surface area contributed by atoms with Crippen LogP contribution in [0.1, 0.15) is 31.2 Å². The highest BCUT2D eigenvalue weighted by Crippen LogP contribution is 2.51. The van der Waals surface area contributed by atoms with Gasteiger partial charge in [0.1, 0.15) is 0 Å². The first kappa shape index (κ1) is 9.70. The molecule has 1 aliphatic heterocycles. The van der Waals surface area contributed by atoms with Crippen molar-refractivity contribution < 1.29 is 4.79 Å². The smallest absolute Gasteiger partial charge is 0.237 e. The Morgan fingerprint density at radius 3 is 2.69 bits per heavy atom. The van der Waals surface area contributed by atoms with E-state index in [2.05, 4.69) is 0 Å². The fourth-order valence-corrected chi connectivity index (χ4v) is 3.24. The van der Waals surface area contributed by atoms with Crippen LogP contribution in [0.4, 0.5) is 11.4 Å². The lowest BCUT2D eigenvalue weighted by Gasteiger charge is -2.21. The number of hydrogen-bond donors (Lipinski definition) is 1. The molecule has 1 aromatic rings. The van der Waals surface area contributed by atoms with Crippen molar-refractivity contribution in [3.63, 3.8) is 0 Å². The van der Waals surface area contributed by atoms with Crippen molar-refractivity contribution in [2.75, 3.05) is 17.7 Å². The zero-order valence-corrected chi connectivity index (χ0v) is 9.49. The fourth-order valence-electron chi connectivity index (χ4n) is 3.24. The van der Waals surface area contributed by atoms with Gasteiger partial charge in [-0.05, 0) is 36.6 Å². The van der Waals surface area contributed by atoms with Crippen molar-refractivity contribution in [3.8, 4) is 0 Å². The number of carbonyl (C=O) groups is 1. The summed E-state index contributed by atoms with van der Waals surface area (Å²) in [5.41, 5.74) is 8.54. The zero-order chi connectivity index (χ0) is 11.3. The highest BCUT2D eigenvalue weighted by atomic mass is 16.2. The van der Waals surface area contributed by atoms with Gasteiger partial charge in [-0.3, -0.25) is 4.79 Å². The molecule has 1 aromatic carbocycles. The van der Waals surface area contributed by atoms with Crippen LogP contribution in [-0.4, -0.2) is 13.0 Å². The van der Waals surface area contributed by atoms with Gasteiger partial charge in [0.15, 0.2) is 0 Å². The molecule has 1 spiro atoms. The molecule has 1 amide bonds. The molecule has 0 atom stereocenters. The summed E-state index contributed by atoms with van der Waals surface area (Å²) in [5.74, 6) is 0.255. The second-order valence-corrected chi connectivity index (χ2v) is 4.93. The van der Waals surface area contributed by atoms with Crippen molar-refractivity contribution in [1.82, 2.24) is 0 Å². The normalized spacial score (nSPS) is 21.8. The number of anilines is 2. The molecule has 0 aromatic heterocycles. The number of hydrogen-bond acceptors (Lipinski definition) is 2. The quantitative estimate of drug-likeness (QED) is 0.675. The van der Waals surface area contributed by atoms with Crippen LogP contribution >= 0.6 is 0 Å². The molecule has 1 fully saturated rings. The Kier molecular flexibility index (Phi) is 1.82. The minimum atomic E-state index is -0.251. The van der Waals surface area contributed by atoms with Gasteiger partial charge in [-0.1, -0.05) is 12.8 Å². The first-order chi connectivity index (χ1) is 7.65. The summed E-state index contributed by atoms with van der Waals surface area (Å²) in [6.45, 7) is 0. The van der Waals surface area contributed by atoms with Gasteiger partial charge >= 0.3 is 0 Å². The maximum absolute atomic E-state index is 12.4. The highest BCUT2D eigenvalue weighted by Gasteiger charge is 2.50. The summed E-state index contributed by atoms with van der Waals surface area (Å²) in [6, 6.07) is 5.83. The standard InChI is InChI=1S/C13H16N2O/c1-15-11-5-4-9(14)8-10(11)13(12(15)16)6-2-3-7-13/h4-5,8H,2-3,6-7,14H2,1H3. The second-order valence-electron chi connectivity index (χ2n) is 4.93. The summed E-state index contributed by atoms with van der Waals surface area (Å²) in [5, 5.41) is 0. The fraction of sp³-hybridized carbons (Fsp3) is 0.462. The third kappa shape index (κ3) is 1.01. The van der Waals surface area contributed by atoms with Crippen LogP contribution in [0.3, 0.4) is 0 Å². The van der Waals surface area contributed by atoms with Gasteiger partial charge in [-0.2, -0.15) is 0 Å². The molecule has 0 unspecified atom stereocenters. The highest BCUT2D eigenvalue weighted by molar-refractivity contribution is 6.08. The number of nitrogens with zero attached hydrogens (tertiary/aromatic N) is 1. The third-order valence-electron chi connectivity index (χ3n) is 4.07. The molecule has 84 valence electrons. The number of fused-ring (bicyclic) bond motifs is 2. The third-order valence-corrected chi connectivity index (χ3v) is 4.07. The molecule has 1 aliphatic carbocycles. The maximum atomic E-state index is 12.4. The molecular formula is C13H16N2O. The van der Waals surface area contributed by atoms with Gasteiger partial charge in [0.2, 0.25) is 5.91 Å². The van der Waals surface area contributed by atoms with E-state index in [1.807, 2.05) is 25.2 Å². The summed E-state index contributed by atoms with van der Waals surface area (Å²) >= 11 is 0. The van der Waals surface area contributed by atoms with E-state index in [1.165, 1.54) is 0 Å². The lowest BCUT2D eigenvalue weighted by Crippen LogP contribution is -2.36. The molecule has 0 bridgehead atoms. The average Bonchev–Trinajstić information content (AvgIpc) is 2.83. The Bertz CT molecular complexity index is 461. The molecule has 3 rings (SSSR count). The molecule has 0 radical (unpaired) electrons. The number of benzene rings is 1. The van der Waals surface area contributed by atoms with Crippen LogP contribution in [0.5, 0.6) is 0 Å². The second kappa shape index (κ2) is 3.00. The molecule has 2 aliphatic rings. The number of likely N-dealkylation sites (N-methyl/N-ethyl adjacent to an activating group) is 1. The lowest BCUT2D eigenvalue weighted by atomic mass is 9.80. The molecule has 1 heterocycles. The van der Waals surface area contributed by atoms with Crippen LogP contribution in [0.15, 0.2) is 18.2 Å². The molecule has 16 heavy (non-hydrogen) atoms. The van der Waals surface area contributed by atoms with Crippen molar-refractivity contribution >= 4 is 17.3 Å². The number of nitrogen functional groups attached to an aromatic ring is 1. The van der Waals surface area contributed by atoms with Crippen molar-refractivity contribution in [2.45, 2.75) is 31.1 Å². The predicted molar refractivity (Wildman–Crippen MR) is 64.4 cm³/mol. The number of nitrogens with two attached hydrogens (primary N) is 1. The van der Waals surface area contributed by atoms with Crippen molar-refractivity contribution in [2.24, 2.45) is 0 Å². The van der Waals surface area contributed by atoms with Gasteiger partial charge in [-0.15, -0.1) is 0 Å². The van der Waals surface area contributed by atoms with E-state index >= 15 is 0 Å². The van der Waals surface area contributed by atoms with Gasteiger partial charge in [0.25, 0.3) is 0 Å². The first-order valence-electron chi connectivity index (χ1n) is 5.83. The predicted octanol–water partition coefficient (Wildman–Crippen LogP) is 2.06.